The Kier molecular flexibility index (Phi) is 2.50. The van der Waals surface area contributed by atoms with Gasteiger partial charge in [0, 0.05) is 0 Å². The zero-order valence-electron chi connectivity index (χ0n) is 8.80. The summed E-state index contributed by atoms with van der Waals surface area (Å²) in [7, 11) is 2.71. The van der Waals surface area contributed by atoms with Gasteiger partial charge in [0.05, 0.1) is 26.1 Å². The summed E-state index contributed by atoms with van der Waals surface area (Å²) < 4.78 is 9.46. The maximum absolute atomic E-state index is 11.6. The third kappa shape index (κ3) is 1.44. The van der Waals surface area contributed by atoms with Crippen molar-refractivity contribution in [2.24, 2.45) is 23.7 Å². The second-order valence-corrected chi connectivity index (χ2v) is 4.05. The minimum atomic E-state index is -0.350. The Bertz CT molecular complexity index is 291. The molecule has 0 saturated heterocycles. The number of hydrogen-bond donors (Lipinski definition) is 0. The van der Waals surface area contributed by atoms with Crippen molar-refractivity contribution in [3.63, 3.8) is 0 Å². The first-order valence-corrected chi connectivity index (χ1v) is 5.03. The molecule has 0 radical (unpaired) electrons. The molecule has 1 fully saturated rings. The molecular formula is C11H14O4. The summed E-state index contributed by atoms with van der Waals surface area (Å²) in [5.41, 5.74) is 0. The monoisotopic (exact) mass is 210 g/mol. The van der Waals surface area contributed by atoms with Gasteiger partial charge in [-0.05, 0) is 18.3 Å². The van der Waals surface area contributed by atoms with E-state index in [9.17, 15) is 9.59 Å². The van der Waals surface area contributed by atoms with Gasteiger partial charge in [0.15, 0.2) is 0 Å². The van der Waals surface area contributed by atoms with Gasteiger partial charge in [-0.15, -0.1) is 0 Å². The van der Waals surface area contributed by atoms with E-state index < -0.39 is 0 Å². The molecule has 2 rings (SSSR count). The highest BCUT2D eigenvalue weighted by Crippen LogP contribution is 2.48. The Balaban J connectivity index is 2.24. The predicted octanol–water partition coefficient (Wildman–Crippen LogP) is 0.771. The number of hydrogen-bond acceptors (Lipinski definition) is 4. The second-order valence-electron chi connectivity index (χ2n) is 4.05. The largest absolute Gasteiger partial charge is 0.469 e. The lowest BCUT2D eigenvalue weighted by Gasteiger charge is -2.23. The van der Waals surface area contributed by atoms with Crippen LogP contribution in [0.2, 0.25) is 0 Å². The third-order valence-electron chi connectivity index (χ3n) is 3.41. The lowest BCUT2D eigenvalue weighted by atomic mass is 9.83. The highest BCUT2D eigenvalue weighted by molar-refractivity contribution is 5.84. The highest BCUT2D eigenvalue weighted by atomic mass is 16.5. The number of carbonyl (C=O) groups is 2. The summed E-state index contributed by atoms with van der Waals surface area (Å²) in [4.78, 5) is 23.1. The van der Waals surface area contributed by atoms with E-state index in [0.717, 1.165) is 6.42 Å². The van der Waals surface area contributed by atoms with Crippen molar-refractivity contribution < 1.29 is 19.1 Å². The summed E-state index contributed by atoms with van der Waals surface area (Å²) in [6.07, 6.45) is 4.87. The molecule has 0 N–H and O–H groups in total. The van der Waals surface area contributed by atoms with Crippen molar-refractivity contribution >= 4 is 11.9 Å². The molecule has 0 aliphatic heterocycles. The Morgan fingerprint density at radius 1 is 1.00 bits per heavy atom. The maximum atomic E-state index is 11.6. The second kappa shape index (κ2) is 3.68. The van der Waals surface area contributed by atoms with E-state index >= 15 is 0 Å². The molecule has 1 saturated carbocycles. The summed E-state index contributed by atoms with van der Waals surface area (Å²) in [6.45, 7) is 0. The number of methoxy groups -OCH3 is 2. The first kappa shape index (κ1) is 10.2. The van der Waals surface area contributed by atoms with Crippen LogP contribution in [0.25, 0.3) is 0 Å². The molecule has 0 amide bonds. The van der Waals surface area contributed by atoms with Crippen LogP contribution in [0.3, 0.4) is 0 Å². The minimum absolute atomic E-state index is 0.145. The SMILES string of the molecule is COC(=O)[C@H]1[C@H](C(=O)OC)[C@H]2C=C[C@@H]1C2. The fourth-order valence-corrected chi connectivity index (χ4v) is 2.74. The quantitative estimate of drug-likeness (QED) is 0.499. The van der Waals surface area contributed by atoms with Crippen molar-refractivity contribution in [1.82, 2.24) is 0 Å². The lowest BCUT2D eigenvalue weighted by molar-refractivity contribution is -0.158. The van der Waals surface area contributed by atoms with Crippen LogP contribution in [-0.2, 0) is 19.1 Å². The van der Waals surface area contributed by atoms with Crippen molar-refractivity contribution in [2.75, 3.05) is 14.2 Å². The molecular weight excluding hydrogens is 196 g/mol. The summed E-state index contributed by atoms with van der Waals surface area (Å²) in [5.74, 6) is -1.02. The highest BCUT2D eigenvalue weighted by Gasteiger charge is 2.52. The van der Waals surface area contributed by atoms with E-state index in [0.29, 0.717) is 0 Å². The van der Waals surface area contributed by atoms with Crippen molar-refractivity contribution in [1.29, 1.82) is 0 Å². The molecule has 0 aromatic heterocycles. The van der Waals surface area contributed by atoms with E-state index in [2.05, 4.69) is 0 Å². The van der Waals surface area contributed by atoms with Crippen LogP contribution >= 0.6 is 0 Å². The van der Waals surface area contributed by atoms with Crippen molar-refractivity contribution in [2.45, 2.75) is 6.42 Å². The Morgan fingerprint density at radius 3 is 1.73 bits per heavy atom. The molecule has 4 atom stereocenters. The Labute approximate surface area is 88.2 Å². The van der Waals surface area contributed by atoms with E-state index in [1.807, 2.05) is 12.2 Å². The van der Waals surface area contributed by atoms with E-state index in [4.69, 9.17) is 9.47 Å². The van der Waals surface area contributed by atoms with Crippen LogP contribution in [-0.4, -0.2) is 26.2 Å². The van der Waals surface area contributed by atoms with Crippen LogP contribution in [0, 0.1) is 23.7 Å². The zero-order valence-corrected chi connectivity index (χ0v) is 8.80. The van der Waals surface area contributed by atoms with Gasteiger partial charge < -0.3 is 9.47 Å². The first-order chi connectivity index (χ1) is 7.19. The van der Waals surface area contributed by atoms with Crippen molar-refractivity contribution in [3.8, 4) is 0 Å². The number of carbonyl (C=O) groups excluding carboxylic acids is 2. The predicted molar refractivity (Wildman–Crippen MR) is 51.7 cm³/mol. The maximum Gasteiger partial charge on any atom is 0.310 e. The van der Waals surface area contributed by atoms with Gasteiger partial charge in [0.2, 0.25) is 0 Å². The zero-order chi connectivity index (χ0) is 11.0. The van der Waals surface area contributed by atoms with Crippen LogP contribution in [0.5, 0.6) is 0 Å². The fraction of sp³-hybridized carbons (Fsp3) is 0.636. The van der Waals surface area contributed by atoms with E-state index in [-0.39, 0.29) is 35.6 Å². The molecule has 4 heteroatoms. The fourth-order valence-electron chi connectivity index (χ4n) is 2.74. The molecule has 2 bridgehead atoms. The van der Waals surface area contributed by atoms with Crippen molar-refractivity contribution in [3.05, 3.63) is 12.2 Å². The third-order valence-corrected chi connectivity index (χ3v) is 3.41. The first-order valence-electron chi connectivity index (χ1n) is 5.03. The summed E-state index contributed by atoms with van der Waals surface area (Å²) in [6, 6.07) is 0. The average Bonchev–Trinajstić information content (AvgIpc) is 2.86. The van der Waals surface area contributed by atoms with Crippen LogP contribution in [0.15, 0.2) is 12.2 Å². The normalized spacial score (nSPS) is 36.7. The lowest BCUT2D eigenvalue weighted by Crippen LogP contribution is -2.34. The molecule has 0 heterocycles. The molecule has 0 aromatic carbocycles. The van der Waals surface area contributed by atoms with E-state index in [1.54, 1.807) is 0 Å². The molecule has 15 heavy (non-hydrogen) atoms. The van der Waals surface area contributed by atoms with Gasteiger partial charge >= 0.3 is 11.9 Å². The Hall–Kier alpha value is -1.32. The van der Waals surface area contributed by atoms with Gasteiger partial charge in [0.25, 0.3) is 0 Å². The van der Waals surface area contributed by atoms with Crippen LogP contribution in [0.4, 0.5) is 0 Å². The van der Waals surface area contributed by atoms with Gasteiger partial charge in [-0.2, -0.15) is 0 Å². The number of allylic oxidation sites excluding steroid dienone is 2. The molecule has 0 spiro atoms. The molecule has 0 unspecified atom stereocenters. The number of ether oxygens (including phenoxy) is 2. The smallest absolute Gasteiger partial charge is 0.310 e. The van der Waals surface area contributed by atoms with Crippen LogP contribution in [0.1, 0.15) is 6.42 Å². The number of rotatable bonds is 2. The summed E-state index contributed by atoms with van der Waals surface area (Å²) in [5, 5.41) is 0. The summed E-state index contributed by atoms with van der Waals surface area (Å²) >= 11 is 0. The molecule has 0 aromatic rings. The minimum Gasteiger partial charge on any atom is -0.469 e. The Morgan fingerprint density at radius 2 is 1.40 bits per heavy atom. The topological polar surface area (TPSA) is 52.6 Å². The standard InChI is InChI=1S/C11H14O4/c1-14-10(12)8-6-3-4-7(5-6)9(8)11(13)15-2/h3-4,6-9H,5H2,1-2H3/t6-,7+,8-,9-/m1/s1. The number of esters is 2. The van der Waals surface area contributed by atoms with E-state index in [1.165, 1.54) is 14.2 Å². The average molecular weight is 210 g/mol. The molecule has 2 aliphatic rings. The molecule has 2 aliphatic carbocycles. The van der Waals surface area contributed by atoms with Gasteiger partial charge in [-0.25, -0.2) is 0 Å². The molecule has 82 valence electrons. The van der Waals surface area contributed by atoms with Gasteiger partial charge in [-0.1, -0.05) is 12.2 Å². The van der Waals surface area contributed by atoms with Crippen LogP contribution < -0.4 is 0 Å². The number of fused-ring (bicyclic) bond motifs is 2. The molecule has 4 nitrogen and oxygen atoms in total. The van der Waals surface area contributed by atoms with Gasteiger partial charge in [-0.3, -0.25) is 9.59 Å². The van der Waals surface area contributed by atoms with Gasteiger partial charge in [0.1, 0.15) is 0 Å².